The number of amides is 2. The molecular formula is C11H15N5O2S. The number of carbonyl (C=O) groups excluding carboxylic acids is 1. The summed E-state index contributed by atoms with van der Waals surface area (Å²) < 4.78 is 5.32. The maximum absolute atomic E-state index is 11.6. The molecule has 0 aliphatic carbocycles. The number of aromatic nitrogens is 3. The minimum atomic E-state index is -0.392. The van der Waals surface area contributed by atoms with E-state index in [1.807, 2.05) is 33.1 Å². The van der Waals surface area contributed by atoms with Crippen molar-refractivity contribution in [2.24, 2.45) is 0 Å². The van der Waals surface area contributed by atoms with Crippen molar-refractivity contribution < 1.29 is 9.21 Å². The first-order valence-corrected chi connectivity index (χ1v) is 6.56. The molecule has 2 aromatic rings. The second kappa shape index (κ2) is 4.96. The van der Waals surface area contributed by atoms with Gasteiger partial charge < -0.3 is 9.73 Å². The smallest absolute Gasteiger partial charge is 0.324 e. The first kappa shape index (κ1) is 13.5. The van der Waals surface area contributed by atoms with Crippen molar-refractivity contribution in [3.63, 3.8) is 0 Å². The average Bonchev–Trinajstić information content (AvgIpc) is 2.83. The van der Waals surface area contributed by atoms with Gasteiger partial charge in [-0.15, -0.1) is 16.4 Å². The summed E-state index contributed by atoms with van der Waals surface area (Å²) in [6.45, 7) is 7.53. The number of anilines is 1. The molecule has 0 bridgehead atoms. The van der Waals surface area contributed by atoms with Crippen LogP contribution >= 0.6 is 11.3 Å². The molecule has 0 aliphatic heterocycles. The minimum absolute atomic E-state index is 0.0439. The minimum Gasteiger partial charge on any atom is -0.401 e. The van der Waals surface area contributed by atoms with Gasteiger partial charge in [0.15, 0.2) is 0 Å². The van der Waals surface area contributed by atoms with Crippen molar-refractivity contribution in [2.75, 3.05) is 5.32 Å². The van der Waals surface area contributed by atoms with E-state index in [0.717, 1.165) is 5.01 Å². The molecule has 2 N–H and O–H groups in total. The second-order valence-electron chi connectivity index (χ2n) is 4.99. The fourth-order valence-corrected chi connectivity index (χ4v) is 1.89. The third-order valence-electron chi connectivity index (χ3n) is 1.97. The van der Waals surface area contributed by atoms with Crippen molar-refractivity contribution in [1.29, 1.82) is 0 Å². The van der Waals surface area contributed by atoms with Crippen LogP contribution in [-0.4, -0.2) is 26.8 Å². The summed E-state index contributed by atoms with van der Waals surface area (Å²) >= 11 is 1.49. The molecule has 0 radical (unpaired) electrons. The number of carbonyl (C=O) groups is 1. The number of urea groups is 1. The summed E-state index contributed by atoms with van der Waals surface area (Å²) in [5, 5.41) is 15.5. The van der Waals surface area contributed by atoms with Gasteiger partial charge in [0.25, 0.3) is 5.89 Å². The molecule has 0 atom stereocenters. The van der Waals surface area contributed by atoms with Crippen LogP contribution in [0.3, 0.4) is 0 Å². The van der Waals surface area contributed by atoms with Crippen molar-refractivity contribution in [3.05, 3.63) is 10.4 Å². The quantitative estimate of drug-likeness (QED) is 0.881. The van der Waals surface area contributed by atoms with E-state index in [0.29, 0.717) is 5.69 Å². The van der Waals surface area contributed by atoms with Crippen LogP contribution in [0.4, 0.5) is 10.8 Å². The molecule has 102 valence electrons. The molecule has 2 rings (SSSR count). The molecule has 0 unspecified atom stereocenters. The summed E-state index contributed by atoms with van der Waals surface area (Å²) in [6.07, 6.45) is 0. The summed E-state index contributed by atoms with van der Waals surface area (Å²) in [7, 11) is 0. The van der Waals surface area contributed by atoms with E-state index in [4.69, 9.17) is 4.42 Å². The molecular weight excluding hydrogens is 266 g/mol. The van der Waals surface area contributed by atoms with E-state index in [1.165, 1.54) is 11.3 Å². The molecule has 2 amide bonds. The predicted octanol–water partition coefficient (Wildman–Crippen LogP) is 2.42. The van der Waals surface area contributed by atoms with E-state index < -0.39 is 6.03 Å². The molecule has 0 aliphatic rings. The van der Waals surface area contributed by atoms with Gasteiger partial charge in [-0.3, -0.25) is 5.32 Å². The largest absolute Gasteiger partial charge is 0.401 e. The third-order valence-corrected chi connectivity index (χ3v) is 2.75. The van der Waals surface area contributed by atoms with Crippen LogP contribution in [0.1, 0.15) is 25.8 Å². The highest BCUT2D eigenvalue weighted by atomic mass is 32.1. The normalized spacial score (nSPS) is 11.4. The van der Waals surface area contributed by atoms with Gasteiger partial charge in [-0.2, -0.15) is 0 Å². The zero-order valence-electron chi connectivity index (χ0n) is 11.1. The molecule has 19 heavy (non-hydrogen) atoms. The van der Waals surface area contributed by atoms with E-state index >= 15 is 0 Å². The number of hydrogen-bond acceptors (Lipinski definition) is 6. The number of thiazole rings is 1. The van der Waals surface area contributed by atoms with Gasteiger partial charge in [0.2, 0.25) is 0 Å². The van der Waals surface area contributed by atoms with Gasteiger partial charge in [0.05, 0.1) is 5.01 Å². The number of nitrogens with zero attached hydrogens (tertiary/aromatic N) is 3. The van der Waals surface area contributed by atoms with Crippen molar-refractivity contribution in [3.8, 4) is 11.6 Å². The maximum Gasteiger partial charge on any atom is 0.324 e. The van der Waals surface area contributed by atoms with Crippen LogP contribution < -0.4 is 10.6 Å². The third kappa shape index (κ3) is 3.75. The lowest BCUT2D eigenvalue weighted by Crippen LogP contribution is -2.43. The van der Waals surface area contributed by atoms with Crippen molar-refractivity contribution in [1.82, 2.24) is 20.5 Å². The first-order valence-electron chi connectivity index (χ1n) is 5.69. The van der Waals surface area contributed by atoms with Gasteiger partial charge in [-0.1, -0.05) is 5.10 Å². The van der Waals surface area contributed by atoms with Gasteiger partial charge in [0.1, 0.15) is 5.69 Å². The summed E-state index contributed by atoms with van der Waals surface area (Å²) in [6, 6.07) is -0.348. The average molecular weight is 281 g/mol. The lowest BCUT2D eigenvalue weighted by Gasteiger charge is -2.19. The molecule has 0 aromatic carbocycles. The topological polar surface area (TPSA) is 92.9 Å². The van der Waals surface area contributed by atoms with Crippen LogP contribution in [0.5, 0.6) is 0 Å². The lowest BCUT2D eigenvalue weighted by atomic mass is 10.1. The molecule has 0 saturated heterocycles. The predicted molar refractivity (Wildman–Crippen MR) is 72.1 cm³/mol. The Morgan fingerprint density at radius 1 is 1.37 bits per heavy atom. The molecule has 2 heterocycles. The zero-order valence-corrected chi connectivity index (χ0v) is 12.0. The van der Waals surface area contributed by atoms with Crippen LogP contribution in [0.15, 0.2) is 9.80 Å². The Kier molecular flexibility index (Phi) is 3.52. The van der Waals surface area contributed by atoms with Gasteiger partial charge in [-0.05, 0) is 27.7 Å². The summed E-state index contributed by atoms with van der Waals surface area (Å²) in [5.41, 5.74) is 0.276. The molecule has 8 heteroatoms. The highest BCUT2D eigenvalue weighted by Gasteiger charge is 2.17. The SMILES string of the molecule is Cc1nc(-c2nnc(NC(=O)NC(C)(C)C)o2)cs1. The number of aryl methyl sites for hydroxylation is 1. The molecule has 7 nitrogen and oxygen atoms in total. The van der Waals surface area contributed by atoms with E-state index in [9.17, 15) is 4.79 Å². The van der Waals surface area contributed by atoms with E-state index in [-0.39, 0.29) is 17.4 Å². The molecule has 0 fully saturated rings. The van der Waals surface area contributed by atoms with Crippen LogP contribution in [0, 0.1) is 6.92 Å². The Bertz CT molecular complexity index is 584. The van der Waals surface area contributed by atoms with E-state index in [2.05, 4.69) is 25.8 Å². The fourth-order valence-electron chi connectivity index (χ4n) is 1.31. The van der Waals surface area contributed by atoms with Gasteiger partial charge >= 0.3 is 12.0 Å². The Morgan fingerprint density at radius 3 is 2.68 bits per heavy atom. The van der Waals surface area contributed by atoms with Crippen LogP contribution in [-0.2, 0) is 0 Å². The first-order chi connectivity index (χ1) is 8.83. The Hall–Kier alpha value is -1.96. The number of nitrogens with one attached hydrogen (secondary N) is 2. The van der Waals surface area contributed by atoms with E-state index in [1.54, 1.807) is 0 Å². The van der Waals surface area contributed by atoms with Crippen LogP contribution in [0.2, 0.25) is 0 Å². The van der Waals surface area contributed by atoms with Crippen molar-refractivity contribution in [2.45, 2.75) is 33.2 Å². The highest BCUT2D eigenvalue weighted by molar-refractivity contribution is 7.09. The molecule has 0 saturated carbocycles. The Morgan fingerprint density at radius 2 is 2.11 bits per heavy atom. The number of hydrogen-bond donors (Lipinski definition) is 2. The van der Waals surface area contributed by atoms with Crippen molar-refractivity contribution >= 4 is 23.4 Å². The maximum atomic E-state index is 11.6. The zero-order chi connectivity index (χ0) is 14.0. The van der Waals surface area contributed by atoms with Crippen LogP contribution in [0.25, 0.3) is 11.6 Å². The monoisotopic (exact) mass is 281 g/mol. The molecule has 0 spiro atoms. The second-order valence-corrected chi connectivity index (χ2v) is 6.06. The lowest BCUT2D eigenvalue weighted by molar-refractivity contribution is 0.243. The summed E-state index contributed by atoms with van der Waals surface area (Å²) in [5.74, 6) is 0.287. The molecule has 2 aromatic heterocycles. The summed E-state index contributed by atoms with van der Waals surface area (Å²) in [4.78, 5) is 15.8. The fraction of sp³-hybridized carbons (Fsp3) is 0.455. The highest BCUT2D eigenvalue weighted by Crippen LogP contribution is 2.21. The Labute approximate surface area is 114 Å². The standard InChI is InChI=1S/C11H15N5O2S/c1-6-12-7(5-19-6)8-15-16-10(18-8)13-9(17)14-11(2,3)4/h5H,1-4H3,(H2,13,14,16,17). The van der Waals surface area contributed by atoms with Gasteiger partial charge in [-0.25, -0.2) is 9.78 Å². The Balaban J connectivity index is 2.04. The van der Waals surface area contributed by atoms with Gasteiger partial charge in [0, 0.05) is 10.9 Å². The number of rotatable bonds is 2.